The predicted octanol–water partition coefficient (Wildman–Crippen LogP) is 3.72. The van der Waals surface area contributed by atoms with Gasteiger partial charge < -0.3 is 10.6 Å². The summed E-state index contributed by atoms with van der Waals surface area (Å²) in [7, 11) is 0. The first-order valence-electron chi connectivity index (χ1n) is 8.65. The first-order valence-corrected chi connectivity index (χ1v) is 9.47. The van der Waals surface area contributed by atoms with E-state index in [1.165, 1.54) is 22.5 Å². The zero-order chi connectivity index (χ0) is 19.2. The Bertz CT molecular complexity index is 948. The molecule has 0 aliphatic rings. The number of benzene rings is 2. The van der Waals surface area contributed by atoms with E-state index in [-0.39, 0.29) is 18.4 Å². The lowest BCUT2D eigenvalue weighted by molar-refractivity contribution is -0.115. The molecule has 3 rings (SSSR count). The molecule has 3 aromatic rings. The fourth-order valence-corrected chi connectivity index (χ4v) is 3.46. The minimum atomic E-state index is -0.298. The lowest BCUT2D eigenvalue weighted by Gasteiger charge is -2.07. The molecule has 0 fully saturated rings. The minimum absolute atomic E-state index is 0.0972. The van der Waals surface area contributed by atoms with Crippen molar-refractivity contribution in [2.45, 2.75) is 20.3 Å². The van der Waals surface area contributed by atoms with Gasteiger partial charge in [-0.3, -0.25) is 9.59 Å². The van der Waals surface area contributed by atoms with Crippen LogP contribution in [-0.2, 0) is 11.2 Å². The quantitative estimate of drug-likeness (QED) is 0.686. The third kappa shape index (κ3) is 5.24. The number of amides is 2. The molecule has 0 unspecified atom stereocenters. The summed E-state index contributed by atoms with van der Waals surface area (Å²) in [6.45, 7) is 3.82. The van der Waals surface area contributed by atoms with Gasteiger partial charge in [0, 0.05) is 23.1 Å². The number of aryl methyl sites for hydroxylation is 2. The van der Waals surface area contributed by atoms with Gasteiger partial charge in [-0.15, -0.1) is 11.3 Å². The second kappa shape index (κ2) is 8.60. The Morgan fingerprint density at radius 2 is 1.78 bits per heavy atom. The van der Waals surface area contributed by atoms with Gasteiger partial charge in [0.05, 0.1) is 6.54 Å². The predicted molar refractivity (Wildman–Crippen MR) is 108 cm³/mol. The average Bonchev–Trinajstić information content (AvgIpc) is 3.09. The number of rotatable bonds is 6. The SMILES string of the molecule is Cc1ccc(Cc2cnc(NC(=O)CNC(=O)c3ccccc3C)s2)cc1. The van der Waals surface area contributed by atoms with Crippen LogP contribution in [0.15, 0.2) is 54.7 Å². The Labute approximate surface area is 162 Å². The standard InChI is InChI=1S/C21H21N3O2S/c1-14-7-9-16(10-8-14)11-17-12-23-21(27-17)24-19(25)13-22-20(26)18-6-4-3-5-15(18)2/h3-10,12H,11,13H2,1-2H3,(H,22,26)(H,23,24,25). The van der Waals surface area contributed by atoms with Crippen molar-refractivity contribution in [3.8, 4) is 0 Å². The number of hydrogen-bond donors (Lipinski definition) is 2. The highest BCUT2D eigenvalue weighted by Gasteiger charge is 2.11. The van der Waals surface area contributed by atoms with Crippen molar-refractivity contribution in [3.63, 3.8) is 0 Å². The largest absolute Gasteiger partial charge is 0.343 e. The summed E-state index contributed by atoms with van der Waals surface area (Å²) in [6.07, 6.45) is 2.55. The second-order valence-corrected chi connectivity index (χ2v) is 7.46. The first kappa shape index (κ1) is 18.8. The highest BCUT2D eigenvalue weighted by Crippen LogP contribution is 2.21. The maximum atomic E-state index is 12.1. The summed E-state index contributed by atoms with van der Waals surface area (Å²) in [5, 5.41) is 5.90. The Morgan fingerprint density at radius 1 is 1.04 bits per heavy atom. The minimum Gasteiger partial charge on any atom is -0.343 e. The lowest BCUT2D eigenvalue weighted by Crippen LogP contribution is -2.33. The number of hydrogen-bond acceptors (Lipinski definition) is 4. The summed E-state index contributed by atoms with van der Waals surface area (Å²) >= 11 is 1.44. The lowest BCUT2D eigenvalue weighted by atomic mass is 10.1. The van der Waals surface area contributed by atoms with Gasteiger partial charge in [0.1, 0.15) is 0 Å². The van der Waals surface area contributed by atoms with E-state index in [4.69, 9.17) is 0 Å². The molecule has 6 heteroatoms. The number of carbonyl (C=O) groups is 2. The summed E-state index contributed by atoms with van der Waals surface area (Å²) in [4.78, 5) is 29.5. The highest BCUT2D eigenvalue weighted by atomic mass is 32.1. The Kier molecular flexibility index (Phi) is 5.98. The van der Waals surface area contributed by atoms with Gasteiger partial charge in [-0.1, -0.05) is 48.0 Å². The van der Waals surface area contributed by atoms with Crippen LogP contribution in [0.5, 0.6) is 0 Å². The maximum absolute atomic E-state index is 12.1. The van der Waals surface area contributed by atoms with Crippen LogP contribution < -0.4 is 10.6 Å². The van der Waals surface area contributed by atoms with E-state index in [9.17, 15) is 9.59 Å². The topological polar surface area (TPSA) is 71.1 Å². The Hall–Kier alpha value is -2.99. The Balaban J connectivity index is 1.51. The zero-order valence-corrected chi connectivity index (χ0v) is 16.1. The van der Waals surface area contributed by atoms with Crippen LogP contribution >= 0.6 is 11.3 Å². The number of nitrogens with one attached hydrogen (secondary N) is 2. The van der Waals surface area contributed by atoms with Crippen LogP contribution in [0.3, 0.4) is 0 Å². The molecule has 2 aromatic carbocycles. The summed E-state index contributed by atoms with van der Waals surface area (Å²) in [5.74, 6) is -0.560. The van der Waals surface area contributed by atoms with Crippen LogP contribution in [0.25, 0.3) is 0 Å². The molecule has 2 amide bonds. The van der Waals surface area contributed by atoms with Crippen molar-refractivity contribution in [1.82, 2.24) is 10.3 Å². The molecule has 0 spiro atoms. The number of aromatic nitrogens is 1. The molecular weight excluding hydrogens is 358 g/mol. The number of thiazole rings is 1. The maximum Gasteiger partial charge on any atom is 0.251 e. The molecule has 27 heavy (non-hydrogen) atoms. The summed E-state index contributed by atoms with van der Waals surface area (Å²) in [6, 6.07) is 15.6. The van der Waals surface area contributed by atoms with Crippen LogP contribution in [0.2, 0.25) is 0 Å². The monoisotopic (exact) mass is 379 g/mol. The van der Waals surface area contributed by atoms with Gasteiger partial charge in [0.25, 0.3) is 5.91 Å². The number of nitrogens with zero attached hydrogens (tertiary/aromatic N) is 1. The van der Waals surface area contributed by atoms with Gasteiger partial charge >= 0.3 is 0 Å². The fourth-order valence-electron chi connectivity index (χ4n) is 2.60. The van der Waals surface area contributed by atoms with E-state index in [2.05, 4.69) is 46.8 Å². The molecule has 0 atom stereocenters. The fraction of sp³-hybridized carbons (Fsp3) is 0.190. The normalized spacial score (nSPS) is 10.4. The molecule has 1 heterocycles. The van der Waals surface area contributed by atoms with Gasteiger partial charge in [0.15, 0.2) is 5.13 Å². The van der Waals surface area contributed by atoms with Crippen molar-refractivity contribution in [3.05, 3.63) is 81.9 Å². The molecule has 2 N–H and O–H groups in total. The van der Waals surface area contributed by atoms with E-state index >= 15 is 0 Å². The van der Waals surface area contributed by atoms with E-state index in [1.54, 1.807) is 18.3 Å². The summed E-state index contributed by atoms with van der Waals surface area (Å²) < 4.78 is 0. The Morgan fingerprint density at radius 3 is 2.52 bits per heavy atom. The van der Waals surface area contributed by atoms with Gasteiger partial charge in [0.2, 0.25) is 5.91 Å². The zero-order valence-electron chi connectivity index (χ0n) is 15.3. The van der Waals surface area contributed by atoms with Crippen LogP contribution in [0.4, 0.5) is 5.13 Å². The van der Waals surface area contributed by atoms with Gasteiger partial charge in [-0.25, -0.2) is 4.98 Å². The third-order valence-electron chi connectivity index (χ3n) is 4.10. The van der Waals surface area contributed by atoms with Crippen molar-refractivity contribution in [2.75, 3.05) is 11.9 Å². The third-order valence-corrected chi connectivity index (χ3v) is 5.01. The molecule has 0 saturated heterocycles. The molecule has 0 aliphatic carbocycles. The molecule has 1 aromatic heterocycles. The number of carbonyl (C=O) groups excluding carboxylic acids is 2. The molecule has 5 nitrogen and oxygen atoms in total. The molecule has 0 aliphatic heterocycles. The molecular formula is C21H21N3O2S. The second-order valence-electron chi connectivity index (χ2n) is 6.34. The van der Waals surface area contributed by atoms with Crippen molar-refractivity contribution >= 4 is 28.3 Å². The first-order chi connectivity index (χ1) is 13.0. The highest BCUT2D eigenvalue weighted by molar-refractivity contribution is 7.15. The smallest absolute Gasteiger partial charge is 0.251 e. The van der Waals surface area contributed by atoms with Crippen molar-refractivity contribution in [1.29, 1.82) is 0 Å². The number of anilines is 1. The molecule has 0 bridgehead atoms. The average molecular weight is 379 g/mol. The van der Waals surface area contributed by atoms with Crippen LogP contribution in [0.1, 0.15) is 31.9 Å². The van der Waals surface area contributed by atoms with Gasteiger partial charge in [-0.2, -0.15) is 0 Å². The molecule has 0 radical (unpaired) electrons. The van der Waals surface area contributed by atoms with Crippen molar-refractivity contribution < 1.29 is 9.59 Å². The van der Waals surface area contributed by atoms with E-state index in [1.807, 2.05) is 19.1 Å². The van der Waals surface area contributed by atoms with Crippen molar-refractivity contribution in [2.24, 2.45) is 0 Å². The van der Waals surface area contributed by atoms with Gasteiger partial charge in [-0.05, 0) is 31.0 Å². The van der Waals surface area contributed by atoms with E-state index in [0.29, 0.717) is 10.7 Å². The molecule has 0 saturated carbocycles. The summed E-state index contributed by atoms with van der Waals surface area (Å²) in [5.41, 5.74) is 3.87. The van der Waals surface area contributed by atoms with Crippen LogP contribution in [-0.4, -0.2) is 23.3 Å². The van der Waals surface area contributed by atoms with E-state index < -0.39 is 0 Å². The van der Waals surface area contributed by atoms with E-state index in [0.717, 1.165) is 16.9 Å². The van der Waals surface area contributed by atoms with Crippen LogP contribution in [0, 0.1) is 13.8 Å². The molecule has 138 valence electrons.